The summed E-state index contributed by atoms with van der Waals surface area (Å²) in [6, 6.07) is 12.7. The number of alkyl halides is 3. The van der Waals surface area contributed by atoms with Crippen LogP contribution >= 0.6 is 0 Å². The Hall–Kier alpha value is -2.41. The summed E-state index contributed by atoms with van der Waals surface area (Å²) in [5.41, 5.74) is 5.36. The summed E-state index contributed by atoms with van der Waals surface area (Å²) >= 11 is 0. The second-order valence-electron chi connectivity index (χ2n) is 5.27. The lowest BCUT2D eigenvalue weighted by molar-refractivity contribution is -0.137. The number of nitrogens with two attached hydrogens (primary N) is 1. The van der Waals surface area contributed by atoms with Gasteiger partial charge >= 0.3 is 6.18 Å². The minimum atomic E-state index is -4.54. The number of carbonyl (C=O) groups is 1. The molecule has 1 aliphatic heterocycles. The first kappa shape index (κ1) is 16.4. The predicted octanol–water partition coefficient (Wildman–Crippen LogP) is 3.41. The Morgan fingerprint density at radius 3 is 2.29 bits per heavy atom. The van der Waals surface area contributed by atoms with Gasteiger partial charge in [-0.05, 0) is 23.3 Å². The Morgan fingerprint density at radius 2 is 1.67 bits per heavy atom. The first-order valence-corrected chi connectivity index (χ1v) is 8.19. The Bertz CT molecular complexity index is 860. The van der Waals surface area contributed by atoms with Crippen LogP contribution in [0, 0.1) is 0 Å². The largest absolute Gasteiger partial charge is 0.416 e. The zero-order valence-electron chi connectivity index (χ0n) is 12.2. The van der Waals surface area contributed by atoms with Gasteiger partial charge in [-0.2, -0.15) is 13.2 Å². The van der Waals surface area contributed by atoms with E-state index >= 15 is 0 Å². The molecule has 0 bridgehead atoms. The zero-order chi connectivity index (χ0) is 17.5. The molecule has 0 radical (unpaired) electrons. The van der Waals surface area contributed by atoms with Crippen molar-refractivity contribution >= 4 is 22.2 Å². The maximum absolute atomic E-state index is 12.9. The average Bonchev–Trinajstić information content (AvgIpc) is 2.77. The van der Waals surface area contributed by atoms with Crippen molar-refractivity contribution in [2.45, 2.75) is 11.4 Å². The molecule has 0 aromatic heterocycles. The van der Waals surface area contributed by atoms with Crippen molar-refractivity contribution < 1.29 is 22.2 Å². The van der Waals surface area contributed by atoms with E-state index in [2.05, 4.69) is 0 Å². The van der Waals surface area contributed by atoms with Crippen LogP contribution in [0.2, 0.25) is 0 Å². The van der Waals surface area contributed by atoms with Gasteiger partial charge in [-0.3, -0.25) is 9.00 Å². The molecule has 0 spiro atoms. The number of halogens is 3. The lowest BCUT2D eigenvalue weighted by atomic mass is 9.96. The summed E-state index contributed by atoms with van der Waals surface area (Å²) in [5, 5.41) is -1.18. The van der Waals surface area contributed by atoms with Gasteiger partial charge in [0.25, 0.3) is 0 Å². The van der Waals surface area contributed by atoms with Crippen molar-refractivity contribution in [1.82, 2.24) is 0 Å². The SMILES string of the molecule is NC1=C(c2cccc(C(F)(F)F)c2)C(=O)C(c2ccccc2)S1=O. The lowest BCUT2D eigenvalue weighted by Crippen LogP contribution is -2.12. The molecule has 124 valence electrons. The summed E-state index contributed by atoms with van der Waals surface area (Å²) in [4.78, 5) is 12.7. The van der Waals surface area contributed by atoms with Gasteiger partial charge in [0.05, 0.1) is 21.9 Å². The van der Waals surface area contributed by atoms with Gasteiger partial charge in [0.1, 0.15) is 10.3 Å². The molecule has 2 aromatic rings. The fraction of sp³-hybridized carbons (Fsp3) is 0.118. The van der Waals surface area contributed by atoms with Crippen LogP contribution in [0.5, 0.6) is 0 Å². The number of Topliss-reactive ketones (excluding diaryl/α,β-unsaturated/α-hetero) is 1. The lowest BCUT2D eigenvalue weighted by Gasteiger charge is -2.10. The standard InChI is InChI=1S/C17H12F3NO2S/c18-17(19,20)12-8-4-7-11(9-12)13-14(22)15(24(23)16(13)21)10-5-2-1-3-6-10/h1-9,15H,21H2. The fourth-order valence-corrected chi connectivity index (χ4v) is 4.01. The molecule has 2 unspecified atom stereocenters. The Labute approximate surface area is 138 Å². The molecular weight excluding hydrogens is 339 g/mol. The third-order valence-corrected chi connectivity index (χ3v) is 5.29. The van der Waals surface area contributed by atoms with E-state index in [1.807, 2.05) is 0 Å². The van der Waals surface area contributed by atoms with Crippen LogP contribution in [0.4, 0.5) is 13.2 Å². The van der Waals surface area contributed by atoms with Crippen LogP contribution in [0.15, 0.2) is 59.6 Å². The van der Waals surface area contributed by atoms with E-state index in [-0.39, 0.29) is 16.2 Å². The van der Waals surface area contributed by atoms with Gasteiger partial charge in [0.15, 0.2) is 5.78 Å². The molecule has 1 aliphatic rings. The summed E-state index contributed by atoms with van der Waals surface area (Å²) in [7, 11) is -1.82. The number of ketones is 1. The van der Waals surface area contributed by atoms with Gasteiger partial charge in [-0.25, -0.2) is 0 Å². The number of allylic oxidation sites excluding steroid dienone is 1. The number of hydrogen-bond donors (Lipinski definition) is 1. The van der Waals surface area contributed by atoms with Gasteiger partial charge in [0, 0.05) is 0 Å². The second kappa shape index (κ2) is 5.90. The molecule has 0 aliphatic carbocycles. The van der Waals surface area contributed by atoms with Gasteiger partial charge in [-0.1, -0.05) is 42.5 Å². The molecule has 0 saturated carbocycles. The number of hydrogen-bond acceptors (Lipinski definition) is 3. The third-order valence-electron chi connectivity index (χ3n) is 3.74. The third kappa shape index (κ3) is 2.75. The highest BCUT2D eigenvalue weighted by Crippen LogP contribution is 2.40. The quantitative estimate of drug-likeness (QED) is 0.902. The average molecular weight is 351 g/mol. The molecular formula is C17H12F3NO2S. The molecule has 3 nitrogen and oxygen atoms in total. The monoisotopic (exact) mass is 351 g/mol. The van der Waals surface area contributed by atoms with Crippen molar-refractivity contribution in [1.29, 1.82) is 0 Å². The molecule has 2 aromatic carbocycles. The summed E-state index contributed by atoms with van der Waals surface area (Å²) in [6.07, 6.45) is -4.54. The van der Waals surface area contributed by atoms with Crippen LogP contribution in [0.1, 0.15) is 21.9 Å². The number of rotatable bonds is 2. The molecule has 2 atom stereocenters. The van der Waals surface area contributed by atoms with E-state index in [1.54, 1.807) is 30.3 Å². The van der Waals surface area contributed by atoms with Gasteiger partial charge in [0.2, 0.25) is 0 Å². The van der Waals surface area contributed by atoms with Crippen molar-refractivity contribution in [2.24, 2.45) is 5.73 Å². The number of benzene rings is 2. The highest BCUT2D eigenvalue weighted by Gasteiger charge is 2.41. The summed E-state index contributed by atoms with van der Waals surface area (Å²) in [5.74, 6) is -0.531. The van der Waals surface area contributed by atoms with Crippen LogP contribution in [-0.4, -0.2) is 9.99 Å². The molecule has 7 heteroatoms. The molecule has 1 heterocycles. The van der Waals surface area contributed by atoms with Crippen molar-refractivity contribution in [3.63, 3.8) is 0 Å². The Morgan fingerprint density at radius 1 is 1.00 bits per heavy atom. The molecule has 24 heavy (non-hydrogen) atoms. The fourth-order valence-electron chi connectivity index (χ4n) is 2.62. The van der Waals surface area contributed by atoms with E-state index in [9.17, 15) is 22.2 Å². The van der Waals surface area contributed by atoms with E-state index in [0.29, 0.717) is 5.56 Å². The molecule has 0 fully saturated rings. The highest BCUT2D eigenvalue weighted by molar-refractivity contribution is 7.91. The second-order valence-corrected chi connectivity index (χ2v) is 6.78. The number of carbonyl (C=O) groups excluding carboxylic acids is 1. The first-order valence-electron chi connectivity index (χ1n) is 6.98. The maximum Gasteiger partial charge on any atom is 0.416 e. The van der Waals surface area contributed by atoms with Crippen LogP contribution in [0.25, 0.3) is 5.57 Å². The van der Waals surface area contributed by atoms with E-state index in [1.165, 1.54) is 12.1 Å². The highest BCUT2D eigenvalue weighted by atomic mass is 32.2. The Kier molecular flexibility index (Phi) is 4.04. The van der Waals surface area contributed by atoms with Gasteiger partial charge in [-0.15, -0.1) is 0 Å². The van der Waals surface area contributed by atoms with Crippen molar-refractivity contribution in [2.75, 3.05) is 0 Å². The molecule has 2 N–H and O–H groups in total. The van der Waals surface area contributed by atoms with Crippen LogP contribution in [0.3, 0.4) is 0 Å². The molecule has 3 rings (SSSR count). The smallest absolute Gasteiger partial charge is 0.391 e. The van der Waals surface area contributed by atoms with E-state index in [0.717, 1.165) is 12.1 Å². The van der Waals surface area contributed by atoms with E-state index < -0.39 is 33.6 Å². The molecule has 0 saturated heterocycles. The van der Waals surface area contributed by atoms with Crippen LogP contribution in [-0.2, 0) is 21.8 Å². The normalized spacial score (nSPS) is 21.4. The first-order chi connectivity index (χ1) is 11.3. The van der Waals surface area contributed by atoms with Crippen molar-refractivity contribution in [3.05, 3.63) is 76.3 Å². The van der Waals surface area contributed by atoms with Crippen LogP contribution < -0.4 is 5.73 Å². The zero-order valence-corrected chi connectivity index (χ0v) is 13.0. The minimum absolute atomic E-state index is 0.0270. The Balaban J connectivity index is 2.06. The van der Waals surface area contributed by atoms with E-state index in [4.69, 9.17) is 5.73 Å². The van der Waals surface area contributed by atoms with Crippen molar-refractivity contribution in [3.8, 4) is 0 Å². The minimum Gasteiger partial charge on any atom is -0.391 e. The molecule has 0 amide bonds. The predicted molar refractivity (Wildman–Crippen MR) is 84.9 cm³/mol. The topological polar surface area (TPSA) is 60.2 Å². The summed E-state index contributed by atoms with van der Waals surface area (Å²) < 4.78 is 51.1. The van der Waals surface area contributed by atoms with Gasteiger partial charge < -0.3 is 5.73 Å². The summed E-state index contributed by atoms with van der Waals surface area (Å²) in [6.45, 7) is 0. The maximum atomic E-state index is 12.9.